The fourth-order valence-corrected chi connectivity index (χ4v) is 1.25. The van der Waals surface area contributed by atoms with Crippen molar-refractivity contribution in [3.8, 4) is 5.75 Å². The number of rotatable bonds is 3. The van der Waals surface area contributed by atoms with Crippen molar-refractivity contribution in [1.82, 2.24) is 0 Å². The van der Waals surface area contributed by atoms with Crippen LogP contribution < -0.4 is 4.74 Å². The highest BCUT2D eigenvalue weighted by molar-refractivity contribution is 9.10. The van der Waals surface area contributed by atoms with Gasteiger partial charge in [0, 0.05) is 4.47 Å². The van der Waals surface area contributed by atoms with E-state index >= 15 is 0 Å². The van der Waals surface area contributed by atoms with Gasteiger partial charge in [-0.05, 0) is 44.0 Å². The predicted molar refractivity (Wildman–Crippen MR) is 59.3 cm³/mol. The van der Waals surface area contributed by atoms with E-state index in [1.165, 1.54) is 5.56 Å². The molecule has 0 spiro atoms. The molecule has 1 unspecified atom stereocenters. The molecular weight excluding hydrogens is 228 g/mol. The number of aryl methyl sites for hydroxylation is 1. The first-order valence-corrected chi connectivity index (χ1v) is 5.35. The number of benzene rings is 1. The Bertz CT molecular complexity index is 283. The Kier molecular flexibility index (Phi) is 3.79. The fourth-order valence-electron chi connectivity index (χ4n) is 1.01. The molecule has 1 aromatic carbocycles. The van der Waals surface area contributed by atoms with E-state index in [0.717, 1.165) is 16.6 Å². The van der Waals surface area contributed by atoms with Crippen molar-refractivity contribution >= 4 is 15.9 Å². The zero-order valence-electron chi connectivity index (χ0n) is 8.30. The normalized spacial score (nSPS) is 12.6. The summed E-state index contributed by atoms with van der Waals surface area (Å²) in [5, 5.41) is 0. The van der Waals surface area contributed by atoms with Gasteiger partial charge in [0.05, 0.1) is 6.10 Å². The lowest BCUT2D eigenvalue weighted by Crippen LogP contribution is -2.09. The van der Waals surface area contributed by atoms with E-state index in [-0.39, 0.29) is 0 Å². The Labute approximate surface area is 88.2 Å². The van der Waals surface area contributed by atoms with E-state index in [9.17, 15) is 0 Å². The van der Waals surface area contributed by atoms with Crippen LogP contribution in [0.25, 0.3) is 0 Å². The minimum atomic E-state index is 0.292. The van der Waals surface area contributed by atoms with E-state index in [1.807, 2.05) is 12.1 Å². The summed E-state index contributed by atoms with van der Waals surface area (Å²) in [5.74, 6) is 0.954. The molecule has 0 saturated heterocycles. The molecule has 0 N–H and O–H groups in total. The number of ether oxygens (including phenoxy) is 1. The molecule has 0 saturated carbocycles. The molecule has 1 aromatic rings. The Balaban J connectivity index is 2.73. The van der Waals surface area contributed by atoms with Crippen molar-refractivity contribution in [2.24, 2.45) is 0 Å². The molecule has 1 nitrogen and oxygen atoms in total. The first-order valence-electron chi connectivity index (χ1n) is 4.56. The third-order valence-electron chi connectivity index (χ3n) is 2.04. The quantitative estimate of drug-likeness (QED) is 0.781. The van der Waals surface area contributed by atoms with Crippen molar-refractivity contribution in [1.29, 1.82) is 0 Å². The first kappa shape index (κ1) is 10.6. The second-order valence-corrected chi connectivity index (χ2v) is 4.10. The molecule has 0 fully saturated rings. The van der Waals surface area contributed by atoms with Crippen molar-refractivity contribution in [2.45, 2.75) is 33.3 Å². The third-order valence-corrected chi connectivity index (χ3v) is 2.93. The highest BCUT2D eigenvalue weighted by atomic mass is 79.9. The van der Waals surface area contributed by atoms with Crippen LogP contribution >= 0.6 is 15.9 Å². The van der Waals surface area contributed by atoms with Gasteiger partial charge in [0.1, 0.15) is 5.75 Å². The summed E-state index contributed by atoms with van der Waals surface area (Å²) in [6, 6.07) is 6.06. The Morgan fingerprint density at radius 1 is 1.46 bits per heavy atom. The molecule has 0 amide bonds. The lowest BCUT2D eigenvalue weighted by atomic mass is 10.2. The average Bonchev–Trinajstić information content (AvgIpc) is 2.11. The number of hydrogen-bond acceptors (Lipinski definition) is 1. The van der Waals surface area contributed by atoms with Gasteiger partial charge in [0.15, 0.2) is 0 Å². The lowest BCUT2D eigenvalue weighted by molar-refractivity contribution is 0.217. The van der Waals surface area contributed by atoms with Crippen LogP contribution in [0.3, 0.4) is 0 Å². The Morgan fingerprint density at radius 3 is 2.69 bits per heavy atom. The molecule has 0 bridgehead atoms. The van der Waals surface area contributed by atoms with Gasteiger partial charge in [-0.15, -0.1) is 0 Å². The molecule has 72 valence electrons. The van der Waals surface area contributed by atoms with E-state index < -0.39 is 0 Å². The van der Waals surface area contributed by atoms with Crippen LogP contribution in [0, 0.1) is 6.92 Å². The number of halogens is 1. The van der Waals surface area contributed by atoms with Crippen LogP contribution in [0.4, 0.5) is 0 Å². The summed E-state index contributed by atoms with van der Waals surface area (Å²) in [5.41, 5.74) is 1.21. The number of hydrogen-bond donors (Lipinski definition) is 0. The molecule has 0 aliphatic rings. The van der Waals surface area contributed by atoms with Crippen LogP contribution in [-0.2, 0) is 0 Å². The van der Waals surface area contributed by atoms with Crippen LogP contribution in [0.2, 0.25) is 0 Å². The molecule has 1 rings (SSSR count). The van der Waals surface area contributed by atoms with Crippen LogP contribution in [0.1, 0.15) is 25.8 Å². The van der Waals surface area contributed by atoms with Gasteiger partial charge in [-0.2, -0.15) is 0 Å². The molecule has 0 aromatic heterocycles. The maximum Gasteiger partial charge on any atom is 0.120 e. The van der Waals surface area contributed by atoms with E-state index in [2.05, 4.69) is 42.8 Å². The fraction of sp³-hybridized carbons (Fsp3) is 0.455. The minimum absolute atomic E-state index is 0.292. The summed E-state index contributed by atoms with van der Waals surface area (Å²) in [6.45, 7) is 6.27. The molecule has 0 aliphatic carbocycles. The highest BCUT2D eigenvalue weighted by Crippen LogP contribution is 2.22. The minimum Gasteiger partial charge on any atom is -0.491 e. The molecule has 0 radical (unpaired) electrons. The monoisotopic (exact) mass is 242 g/mol. The largest absolute Gasteiger partial charge is 0.491 e. The van der Waals surface area contributed by atoms with E-state index in [0.29, 0.717) is 6.10 Å². The summed E-state index contributed by atoms with van der Waals surface area (Å²) in [4.78, 5) is 0. The third kappa shape index (κ3) is 3.03. The zero-order valence-corrected chi connectivity index (χ0v) is 9.89. The highest BCUT2D eigenvalue weighted by Gasteiger charge is 2.02. The summed E-state index contributed by atoms with van der Waals surface area (Å²) in [7, 11) is 0. The van der Waals surface area contributed by atoms with E-state index in [4.69, 9.17) is 4.74 Å². The first-order chi connectivity index (χ1) is 6.13. The second kappa shape index (κ2) is 4.66. The van der Waals surface area contributed by atoms with Gasteiger partial charge in [-0.25, -0.2) is 0 Å². The molecule has 2 heteroatoms. The lowest BCUT2D eigenvalue weighted by Gasteiger charge is -2.13. The van der Waals surface area contributed by atoms with Crippen molar-refractivity contribution in [2.75, 3.05) is 0 Å². The van der Waals surface area contributed by atoms with Crippen molar-refractivity contribution in [3.05, 3.63) is 28.2 Å². The Morgan fingerprint density at radius 2 is 2.15 bits per heavy atom. The molecule has 13 heavy (non-hydrogen) atoms. The van der Waals surface area contributed by atoms with Gasteiger partial charge < -0.3 is 4.74 Å². The predicted octanol–water partition coefficient (Wildman–Crippen LogP) is 3.93. The van der Waals surface area contributed by atoms with Crippen molar-refractivity contribution < 1.29 is 4.74 Å². The second-order valence-electron chi connectivity index (χ2n) is 3.25. The smallest absolute Gasteiger partial charge is 0.120 e. The standard InChI is InChI=1S/C11H15BrO/c1-4-9(3)13-10-5-6-11(12)8(2)7-10/h5-7,9H,4H2,1-3H3. The molecule has 1 atom stereocenters. The van der Waals surface area contributed by atoms with Gasteiger partial charge >= 0.3 is 0 Å². The van der Waals surface area contributed by atoms with Gasteiger partial charge in [0.25, 0.3) is 0 Å². The maximum absolute atomic E-state index is 5.68. The van der Waals surface area contributed by atoms with Crippen LogP contribution in [0.15, 0.2) is 22.7 Å². The van der Waals surface area contributed by atoms with Crippen molar-refractivity contribution in [3.63, 3.8) is 0 Å². The topological polar surface area (TPSA) is 9.23 Å². The van der Waals surface area contributed by atoms with Crippen LogP contribution in [0.5, 0.6) is 5.75 Å². The average molecular weight is 243 g/mol. The summed E-state index contributed by atoms with van der Waals surface area (Å²) >= 11 is 3.46. The summed E-state index contributed by atoms with van der Waals surface area (Å²) < 4.78 is 6.81. The zero-order chi connectivity index (χ0) is 9.84. The van der Waals surface area contributed by atoms with Gasteiger partial charge in [-0.1, -0.05) is 22.9 Å². The SMILES string of the molecule is CCC(C)Oc1ccc(Br)c(C)c1. The molecular formula is C11H15BrO. The van der Waals surface area contributed by atoms with E-state index in [1.54, 1.807) is 0 Å². The Hall–Kier alpha value is -0.500. The maximum atomic E-state index is 5.68. The van der Waals surface area contributed by atoms with Crippen LogP contribution in [-0.4, -0.2) is 6.10 Å². The van der Waals surface area contributed by atoms with Gasteiger partial charge in [0.2, 0.25) is 0 Å². The molecule has 0 aliphatic heterocycles. The molecule has 0 heterocycles. The summed E-state index contributed by atoms with van der Waals surface area (Å²) in [6.07, 6.45) is 1.33. The van der Waals surface area contributed by atoms with Gasteiger partial charge in [-0.3, -0.25) is 0 Å².